The number of aliphatic imine (C=N–C) groups is 1. The standard InChI is InChI=1S/C55H52N2/c1-54(2)47-19-11-10-18-43(47)45-33-46-44-29-28-42(32-49(44)55(30-12-5-13-31-55)50(46)34-48(45)54)38-22-26-40(27-23-38)52-35-51(56-53(57-52)41-16-8-4-9-17-41)39-24-20-37(21-25-39)36-14-6-3-7-15-36/h3-4,6-9,14-18,20-27,32-35,47,52H,5,10-13,19,28-31H2,1-2H3,(H,56,57). The van der Waals surface area contributed by atoms with Gasteiger partial charge in [-0.25, -0.2) is 0 Å². The highest BCUT2D eigenvalue weighted by Crippen LogP contribution is 2.62. The molecule has 1 fully saturated rings. The van der Waals surface area contributed by atoms with Gasteiger partial charge in [0.15, 0.2) is 0 Å². The van der Waals surface area contributed by atoms with E-state index in [1.54, 1.807) is 39.0 Å². The van der Waals surface area contributed by atoms with Crippen LogP contribution in [0.4, 0.5) is 0 Å². The third-order valence-electron chi connectivity index (χ3n) is 14.6. The Hall–Kier alpha value is -5.47. The molecule has 0 radical (unpaired) electrons. The molecule has 11 rings (SSSR count). The van der Waals surface area contributed by atoms with Crippen molar-refractivity contribution in [2.24, 2.45) is 10.9 Å². The minimum Gasteiger partial charge on any atom is -0.340 e. The topological polar surface area (TPSA) is 24.4 Å². The zero-order chi connectivity index (χ0) is 38.1. The van der Waals surface area contributed by atoms with Crippen LogP contribution in [0.5, 0.6) is 0 Å². The molecule has 282 valence electrons. The fourth-order valence-electron chi connectivity index (χ4n) is 11.6. The SMILES string of the molecule is CC1(C)c2cc3c(cc2C2=CCCCC21)C1=C(C=C(c2ccc(C4C=C(c5ccc(-c6ccccc6)cc5)NC(c5ccccc5)=N4)cc2)CC1)C31CCCCC1. The number of nitrogens with zero attached hydrogens (tertiary/aromatic N) is 1. The molecule has 0 aromatic heterocycles. The predicted molar refractivity (Wildman–Crippen MR) is 239 cm³/mol. The van der Waals surface area contributed by atoms with E-state index in [0.717, 1.165) is 35.5 Å². The van der Waals surface area contributed by atoms with Gasteiger partial charge < -0.3 is 5.32 Å². The molecule has 1 spiro atoms. The van der Waals surface area contributed by atoms with Crippen LogP contribution in [0.15, 0.2) is 150 Å². The molecule has 1 N–H and O–H groups in total. The first-order valence-electron chi connectivity index (χ1n) is 21.7. The van der Waals surface area contributed by atoms with Crippen LogP contribution >= 0.6 is 0 Å². The summed E-state index contributed by atoms with van der Waals surface area (Å²) in [4.78, 5) is 5.29. The number of amidine groups is 1. The van der Waals surface area contributed by atoms with E-state index in [1.807, 2.05) is 0 Å². The number of benzene rings is 5. The van der Waals surface area contributed by atoms with Crippen LogP contribution in [0.3, 0.4) is 0 Å². The van der Waals surface area contributed by atoms with Gasteiger partial charge >= 0.3 is 0 Å². The summed E-state index contributed by atoms with van der Waals surface area (Å²) >= 11 is 0. The molecular weight excluding hydrogens is 689 g/mol. The van der Waals surface area contributed by atoms with E-state index in [9.17, 15) is 0 Å². The van der Waals surface area contributed by atoms with Gasteiger partial charge in [-0.05, 0) is 141 Å². The summed E-state index contributed by atoms with van der Waals surface area (Å²) in [6.07, 6.45) is 20.3. The number of rotatable bonds is 5. The zero-order valence-electron chi connectivity index (χ0n) is 33.5. The fourth-order valence-corrected chi connectivity index (χ4v) is 11.6. The highest BCUT2D eigenvalue weighted by Gasteiger charge is 2.49. The molecule has 1 heterocycles. The molecule has 2 unspecified atom stereocenters. The van der Waals surface area contributed by atoms with Gasteiger partial charge in [-0.15, -0.1) is 0 Å². The average molecular weight is 741 g/mol. The number of fused-ring (bicyclic) bond motifs is 7. The second-order valence-corrected chi connectivity index (χ2v) is 18.1. The van der Waals surface area contributed by atoms with Crippen LogP contribution in [0, 0.1) is 5.92 Å². The van der Waals surface area contributed by atoms with Crippen molar-refractivity contribution in [3.8, 4) is 11.1 Å². The van der Waals surface area contributed by atoms with E-state index in [4.69, 9.17) is 4.99 Å². The Bertz CT molecular complexity index is 2540. The monoisotopic (exact) mass is 740 g/mol. The molecule has 0 saturated heterocycles. The van der Waals surface area contributed by atoms with E-state index < -0.39 is 0 Å². The third kappa shape index (κ3) is 5.70. The highest BCUT2D eigenvalue weighted by atomic mass is 15.0. The second kappa shape index (κ2) is 13.6. The summed E-state index contributed by atoms with van der Waals surface area (Å²) in [7, 11) is 0. The van der Waals surface area contributed by atoms with Crippen molar-refractivity contribution in [3.63, 3.8) is 0 Å². The average Bonchev–Trinajstić information content (AvgIpc) is 3.66. The van der Waals surface area contributed by atoms with E-state index in [2.05, 4.69) is 159 Å². The number of allylic oxidation sites excluding steroid dienone is 6. The summed E-state index contributed by atoms with van der Waals surface area (Å²) in [5, 5.41) is 3.69. The Morgan fingerprint density at radius 1 is 0.632 bits per heavy atom. The Kier molecular flexibility index (Phi) is 8.28. The minimum atomic E-state index is -0.0890. The smallest absolute Gasteiger partial charge is 0.133 e. The second-order valence-electron chi connectivity index (χ2n) is 18.1. The van der Waals surface area contributed by atoms with Crippen molar-refractivity contribution >= 4 is 28.3 Å². The van der Waals surface area contributed by atoms with Crippen LogP contribution in [0.1, 0.15) is 129 Å². The van der Waals surface area contributed by atoms with Gasteiger partial charge in [-0.2, -0.15) is 0 Å². The minimum absolute atomic E-state index is 0.0890. The van der Waals surface area contributed by atoms with Crippen LogP contribution in [0.25, 0.3) is 33.5 Å². The summed E-state index contributed by atoms with van der Waals surface area (Å²) in [6.45, 7) is 5.06. The van der Waals surface area contributed by atoms with E-state index in [0.29, 0.717) is 5.92 Å². The molecule has 2 nitrogen and oxygen atoms in total. The van der Waals surface area contributed by atoms with Gasteiger partial charge in [0.1, 0.15) is 5.84 Å². The van der Waals surface area contributed by atoms with Crippen molar-refractivity contribution < 1.29 is 0 Å². The number of nitrogens with one attached hydrogen (secondary N) is 1. The van der Waals surface area contributed by atoms with Crippen molar-refractivity contribution in [2.45, 2.75) is 94.9 Å². The number of hydrogen-bond acceptors (Lipinski definition) is 2. The van der Waals surface area contributed by atoms with Gasteiger partial charge in [0.05, 0.1) is 6.04 Å². The van der Waals surface area contributed by atoms with Crippen LogP contribution in [-0.2, 0) is 10.8 Å². The van der Waals surface area contributed by atoms with Crippen molar-refractivity contribution in [1.29, 1.82) is 0 Å². The largest absolute Gasteiger partial charge is 0.340 e. The fraction of sp³-hybridized carbons (Fsp3) is 0.291. The van der Waals surface area contributed by atoms with E-state index >= 15 is 0 Å². The summed E-state index contributed by atoms with van der Waals surface area (Å²) in [5.74, 6) is 1.58. The number of hydrogen-bond donors (Lipinski definition) is 1. The maximum atomic E-state index is 5.29. The van der Waals surface area contributed by atoms with Gasteiger partial charge in [0.2, 0.25) is 0 Å². The normalized spacial score (nSPS) is 22.6. The lowest BCUT2D eigenvalue weighted by atomic mass is 9.65. The van der Waals surface area contributed by atoms with Gasteiger partial charge in [-0.1, -0.05) is 161 Å². The Labute approximate surface area is 338 Å². The maximum absolute atomic E-state index is 5.29. The molecule has 2 heteroatoms. The molecule has 0 amide bonds. The summed E-state index contributed by atoms with van der Waals surface area (Å²) in [6, 6.07) is 44.8. The lowest BCUT2D eigenvalue weighted by Gasteiger charge is -2.38. The van der Waals surface area contributed by atoms with Crippen LogP contribution < -0.4 is 5.32 Å². The highest BCUT2D eigenvalue weighted by molar-refractivity contribution is 6.05. The van der Waals surface area contributed by atoms with Crippen molar-refractivity contribution in [2.75, 3.05) is 0 Å². The Balaban J connectivity index is 0.933. The first kappa shape index (κ1) is 34.8. The van der Waals surface area contributed by atoms with Gasteiger partial charge in [-0.3, -0.25) is 4.99 Å². The van der Waals surface area contributed by atoms with E-state index in [1.165, 1.54) is 79.2 Å². The molecule has 6 aliphatic rings. The first-order valence-corrected chi connectivity index (χ1v) is 21.7. The molecule has 2 atom stereocenters. The molecular formula is C55H52N2. The van der Waals surface area contributed by atoms with Crippen molar-refractivity contribution in [3.05, 3.63) is 190 Å². The predicted octanol–water partition coefficient (Wildman–Crippen LogP) is 13.8. The third-order valence-corrected chi connectivity index (χ3v) is 14.6. The Morgan fingerprint density at radius 2 is 1.32 bits per heavy atom. The van der Waals surface area contributed by atoms with Gasteiger partial charge in [0, 0.05) is 16.7 Å². The molecule has 5 aliphatic carbocycles. The molecule has 1 saturated carbocycles. The molecule has 57 heavy (non-hydrogen) atoms. The molecule has 1 aliphatic heterocycles. The Morgan fingerprint density at radius 3 is 2.07 bits per heavy atom. The lowest BCUT2D eigenvalue weighted by molar-refractivity contribution is 0.347. The lowest BCUT2D eigenvalue weighted by Crippen LogP contribution is -2.30. The van der Waals surface area contributed by atoms with Crippen LogP contribution in [0.2, 0.25) is 0 Å². The molecule has 0 bridgehead atoms. The van der Waals surface area contributed by atoms with Crippen molar-refractivity contribution in [1.82, 2.24) is 5.32 Å². The van der Waals surface area contributed by atoms with Gasteiger partial charge in [0.25, 0.3) is 0 Å². The van der Waals surface area contributed by atoms with Crippen LogP contribution in [-0.4, -0.2) is 5.84 Å². The molecule has 5 aromatic carbocycles. The zero-order valence-corrected chi connectivity index (χ0v) is 33.5. The quantitative estimate of drug-likeness (QED) is 0.191. The summed E-state index contributed by atoms with van der Waals surface area (Å²) in [5.41, 5.74) is 21.7. The molecule has 5 aromatic rings. The van der Waals surface area contributed by atoms with E-state index in [-0.39, 0.29) is 16.9 Å². The summed E-state index contributed by atoms with van der Waals surface area (Å²) < 4.78 is 0. The first-order chi connectivity index (χ1) is 28.0. The maximum Gasteiger partial charge on any atom is 0.133 e.